The molecular formula is C18H27N3O2. The van der Waals surface area contributed by atoms with Gasteiger partial charge in [-0.3, -0.25) is 9.69 Å². The fourth-order valence-corrected chi connectivity index (χ4v) is 3.59. The number of fused-ring (bicyclic) bond motifs is 1. The van der Waals surface area contributed by atoms with Crippen molar-refractivity contribution in [3.8, 4) is 0 Å². The topological polar surface area (TPSA) is 53.6 Å². The third-order valence-electron chi connectivity index (χ3n) is 5.14. The molecule has 0 saturated carbocycles. The number of benzene rings is 1. The van der Waals surface area contributed by atoms with Crippen LogP contribution in [0.5, 0.6) is 0 Å². The van der Waals surface area contributed by atoms with E-state index in [9.17, 15) is 4.79 Å². The van der Waals surface area contributed by atoms with E-state index in [0.717, 1.165) is 52.0 Å². The van der Waals surface area contributed by atoms with E-state index in [-0.39, 0.29) is 5.91 Å². The van der Waals surface area contributed by atoms with Crippen LogP contribution in [0.2, 0.25) is 0 Å². The maximum absolute atomic E-state index is 12.5. The maximum Gasteiger partial charge on any atom is 0.252 e. The zero-order valence-electron chi connectivity index (χ0n) is 13.9. The van der Waals surface area contributed by atoms with Crippen molar-refractivity contribution in [2.24, 2.45) is 0 Å². The average molecular weight is 317 g/mol. The third-order valence-corrected chi connectivity index (χ3v) is 5.14. The number of ether oxygens (including phenoxy) is 1. The van der Waals surface area contributed by atoms with Crippen molar-refractivity contribution >= 4 is 5.91 Å². The van der Waals surface area contributed by atoms with Gasteiger partial charge in [0.15, 0.2) is 0 Å². The Morgan fingerprint density at radius 2 is 2.04 bits per heavy atom. The summed E-state index contributed by atoms with van der Waals surface area (Å²) < 4.78 is 5.56. The lowest BCUT2D eigenvalue weighted by molar-refractivity contribution is -0.146. The first-order valence-electron chi connectivity index (χ1n) is 8.57. The van der Waals surface area contributed by atoms with Crippen LogP contribution in [0.15, 0.2) is 24.3 Å². The molecule has 126 valence electrons. The molecule has 0 aromatic heterocycles. The molecule has 5 nitrogen and oxygen atoms in total. The average Bonchev–Trinajstić information content (AvgIpc) is 2.62. The summed E-state index contributed by atoms with van der Waals surface area (Å²) in [7, 11) is 1.65. The summed E-state index contributed by atoms with van der Waals surface area (Å²) in [5.74, 6) is 0.0407. The molecule has 5 heteroatoms. The first kappa shape index (κ1) is 16.4. The fourth-order valence-electron chi connectivity index (χ4n) is 3.59. The van der Waals surface area contributed by atoms with E-state index >= 15 is 0 Å². The van der Waals surface area contributed by atoms with Crippen LogP contribution in [0.1, 0.15) is 24.0 Å². The molecule has 0 spiro atoms. The predicted octanol–water partition coefficient (Wildman–Crippen LogP) is 0.930. The molecule has 3 rings (SSSR count). The molecule has 2 aliphatic rings. The number of hydrogen-bond acceptors (Lipinski definition) is 4. The highest BCUT2D eigenvalue weighted by atomic mass is 16.5. The molecule has 23 heavy (non-hydrogen) atoms. The second kappa shape index (κ2) is 7.43. The first-order valence-corrected chi connectivity index (χ1v) is 8.57. The zero-order chi connectivity index (χ0) is 16.1. The lowest BCUT2D eigenvalue weighted by Gasteiger charge is -2.35. The second-order valence-electron chi connectivity index (χ2n) is 6.50. The Kier molecular flexibility index (Phi) is 5.30. The number of piperidine rings is 1. The lowest BCUT2D eigenvalue weighted by Crippen LogP contribution is -2.55. The highest BCUT2D eigenvalue weighted by Gasteiger charge is 2.39. The van der Waals surface area contributed by atoms with Crippen LogP contribution in [0, 0.1) is 0 Å². The van der Waals surface area contributed by atoms with Crippen molar-refractivity contribution in [1.82, 2.24) is 15.5 Å². The molecule has 1 aromatic rings. The summed E-state index contributed by atoms with van der Waals surface area (Å²) in [6.45, 7) is 5.28. The van der Waals surface area contributed by atoms with E-state index in [1.807, 2.05) is 0 Å². The van der Waals surface area contributed by atoms with Gasteiger partial charge in [0.1, 0.15) is 5.60 Å². The molecule has 0 radical (unpaired) electrons. The Bertz CT molecular complexity index is 541. The van der Waals surface area contributed by atoms with Crippen molar-refractivity contribution in [3.05, 3.63) is 35.4 Å². The van der Waals surface area contributed by atoms with Gasteiger partial charge in [0.2, 0.25) is 0 Å². The van der Waals surface area contributed by atoms with E-state index in [2.05, 4.69) is 39.8 Å². The van der Waals surface area contributed by atoms with E-state index in [1.54, 1.807) is 7.11 Å². The Labute approximate surface area is 138 Å². The minimum atomic E-state index is -0.639. The summed E-state index contributed by atoms with van der Waals surface area (Å²) >= 11 is 0. The van der Waals surface area contributed by atoms with Crippen molar-refractivity contribution in [3.63, 3.8) is 0 Å². The number of nitrogens with zero attached hydrogens (tertiary/aromatic N) is 1. The minimum absolute atomic E-state index is 0.0407. The van der Waals surface area contributed by atoms with E-state index in [1.165, 1.54) is 11.1 Å². The standard InChI is InChI=1S/C18H27N3O2/c1-23-18(7-9-19-10-8-18)17(22)20-11-13-21-12-6-15-4-2-3-5-16(15)14-21/h2-5,19H,6-14H2,1H3,(H,20,22). The number of nitrogens with one attached hydrogen (secondary N) is 2. The van der Waals surface area contributed by atoms with Crippen molar-refractivity contribution in [2.75, 3.05) is 39.8 Å². The van der Waals surface area contributed by atoms with Gasteiger partial charge in [0.25, 0.3) is 5.91 Å². The molecule has 1 saturated heterocycles. The van der Waals surface area contributed by atoms with Crippen LogP contribution in [0.4, 0.5) is 0 Å². The van der Waals surface area contributed by atoms with Crippen LogP contribution >= 0.6 is 0 Å². The van der Waals surface area contributed by atoms with Gasteiger partial charge in [0, 0.05) is 33.3 Å². The number of carbonyl (C=O) groups is 1. The first-order chi connectivity index (χ1) is 11.2. The molecule has 2 heterocycles. The largest absolute Gasteiger partial charge is 0.368 e. The molecule has 2 N–H and O–H groups in total. The van der Waals surface area contributed by atoms with Gasteiger partial charge in [-0.15, -0.1) is 0 Å². The SMILES string of the molecule is COC1(C(=O)NCCN2CCc3ccccc3C2)CCNCC1. The highest BCUT2D eigenvalue weighted by Crippen LogP contribution is 2.22. The second-order valence-corrected chi connectivity index (χ2v) is 6.50. The van der Waals surface area contributed by atoms with Gasteiger partial charge < -0.3 is 15.4 Å². The van der Waals surface area contributed by atoms with Crippen LogP contribution < -0.4 is 10.6 Å². The van der Waals surface area contributed by atoms with E-state index in [4.69, 9.17) is 4.74 Å². The van der Waals surface area contributed by atoms with Gasteiger partial charge in [-0.25, -0.2) is 0 Å². The van der Waals surface area contributed by atoms with Crippen LogP contribution in [0.3, 0.4) is 0 Å². The van der Waals surface area contributed by atoms with Crippen molar-refractivity contribution in [2.45, 2.75) is 31.4 Å². The predicted molar refractivity (Wildman–Crippen MR) is 90.3 cm³/mol. The summed E-state index contributed by atoms with van der Waals surface area (Å²) in [5, 5.41) is 6.36. The Morgan fingerprint density at radius 3 is 2.78 bits per heavy atom. The maximum atomic E-state index is 12.5. The van der Waals surface area contributed by atoms with Gasteiger partial charge in [-0.1, -0.05) is 24.3 Å². The molecule has 1 fully saturated rings. The van der Waals surface area contributed by atoms with Crippen molar-refractivity contribution in [1.29, 1.82) is 0 Å². The number of hydrogen-bond donors (Lipinski definition) is 2. The van der Waals surface area contributed by atoms with Gasteiger partial charge >= 0.3 is 0 Å². The van der Waals surface area contributed by atoms with Gasteiger partial charge in [-0.05, 0) is 43.5 Å². The normalized spacial score (nSPS) is 20.7. The molecule has 0 atom stereocenters. The van der Waals surface area contributed by atoms with Crippen LogP contribution in [-0.4, -0.2) is 56.2 Å². The monoisotopic (exact) mass is 317 g/mol. The van der Waals surface area contributed by atoms with Gasteiger partial charge in [-0.2, -0.15) is 0 Å². The Balaban J connectivity index is 1.47. The van der Waals surface area contributed by atoms with Crippen LogP contribution in [-0.2, 0) is 22.5 Å². The quantitative estimate of drug-likeness (QED) is 0.848. The summed E-state index contributed by atoms with van der Waals surface area (Å²) in [4.78, 5) is 14.9. The zero-order valence-corrected chi connectivity index (χ0v) is 13.9. The molecular weight excluding hydrogens is 290 g/mol. The molecule has 2 aliphatic heterocycles. The molecule has 0 aliphatic carbocycles. The van der Waals surface area contributed by atoms with E-state index in [0.29, 0.717) is 6.54 Å². The Hall–Kier alpha value is -1.43. The summed E-state index contributed by atoms with van der Waals surface area (Å²) in [5.41, 5.74) is 2.23. The molecule has 0 bridgehead atoms. The van der Waals surface area contributed by atoms with E-state index < -0.39 is 5.60 Å². The van der Waals surface area contributed by atoms with Crippen molar-refractivity contribution < 1.29 is 9.53 Å². The fraction of sp³-hybridized carbons (Fsp3) is 0.611. The number of methoxy groups -OCH3 is 1. The number of carbonyl (C=O) groups excluding carboxylic acids is 1. The third kappa shape index (κ3) is 3.74. The summed E-state index contributed by atoms with van der Waals surface area (Å²) in [6, 6.07) is 8.63. The highest BCUT2D eigenvalue weighted by molar-refractivity contribution is 5.85. The minimum Gasteiger partial charge on any atom is -0.368 e. The molecule has 0 unspecified atom stereocenters. The lowest BCUT2D eigenvalue weighted by atomic mass is 9.91. The molecule has 1 amide bonds. The van der Waals surface area contributed by atoms with Crippen LogP contribution in [0.25, 0.3) is 0 Å². The smallest absolute Gasteiger partial charge is 0.252 e. The Morgan fingerprint density at radius 1 is 1.30 bits per heavy atom. The number of amides is 1. The van der Waals surface area contributed by atoms with Gasteiger partial charge in [0.05, 0.1) is 0 Å². The number of rotatable bonds is 5. The summed E-state index contributed by atoms with van der Waals surface area (Å²) in [6.07, 6.45) is 2.58. The molecule has 1 aromatic carbocycles.